The molecule has 164 valence electrons. The first-order valence-corrected chi connectivity index (χ1v) is 10.8. The molecule has 4 rings (SSSR count). The summed E-state index contributed by atoms with van der Waals surface area (Å²) in [5.41, 5.74) is 5.84. The first-order chi connectivity index (χ1) is 15.0. The maximum absolute atomic E-state index is 5.46. The van der Waals surface area contributed by atoms with Gasteiger partial charge in [0.05, 0.1) is 19.0 Å². The number of aryl methyl sites for hydroxylation is 1. The maximum Gasteiger partial charge on any atom is 0.225 e. The number of anilines is 1. The van der Waals surface area contributed by atoms with Crippen molar-refractivity contribution in [2.24, 2.45) is 7.05 Å². The molecule has 1 atom stereocenters. The van der Waals surface area contributed by atoms with E-state index < -0.39 is 0 Å². The molecule has 31 heavy (non-hydrogen) atoms. The van der Waals surface area contributed by atoms with Gasteiger partial charge in [-0.3, -0.25) is 9.58 Å². The minimum Gasteiger partial charge on any atom is -0.497 e. The molecule has 7 heteroatoms. The highest BCUT2D eigenvalue weighted by Gasteiger charge is 2.26. The highest BCUT2D eigenvalue weighted by molar-refractivity contribution is 5.68. The second-order valence-corrected chi connectivity index (χ2v) is 8.55. The number of nitrogens with zero attached hydrogens (tertiary/aromatic N) is 6. The Morgan fingerprint density at radius 2 is 2.06 bits per heavy atom. The molecule has 0 bridgehead atoms. The Kier molecular flexibility index (Phi) is 6.23. The number of benzene rings is 1. The minimum atomic E-state index is 0.355. The van der Waals surface area contributed by atoms with Crippen LogP contribution in [0.1, 0.15) is 35.7 Å². The molecule has 0 spiro atoms. The molecule has 0 saturated carbocycles. The van der Waals surface area contributed by atoms with Crippen molar-refractivity contribution in [3.63, 3.8) is 0 Å². The Bertz CT molecular complexity index is 1040. The number of aromatic nitrogens is 4. The molecule has 0 N–H and O–H groups in total. The van der Waals surface area contributed by atoms with E-state index >= 15 is 0 Å². The fourth-order valence-corrected chi connectivity index (χ4v) is 4.29. The van der Waals surface area contributed by atoms with Crippen molar-refractivity contribution in [1.29, 1.82) is 0 Å². The standard InChI is InChI=1S/C24H32N6O/c1-17-20(13-26-29(17)4)16-30-11-7-9-19(15-30)23-22(14-25-24(27-23)28(2)3)18-8-6-10-21(12-18)31-5/h6,8,10,12-14,19H,7,9,11,15-16H2,1-5H3/t19-/m1/s1. The number of rotatable bonds is 6. The van der Waals surface area contributed by atoms with Crippen molar-refractivity contribution >= 4 is 5.95 Å². The highest BCUT2D eigenvalue weighted by atomic mass is 16.5. The molecule has 1 aromatic carbocycles. The quantitative estimate of drug-likeness (QED) is 0.607. The zero-order valence-electron chi connectivity index (χ0n) is 19.2. The summed E-state index contributed by atoms with van der Waals surface area (Å²) in [6.07, 6.45) is 6.25. The lowest BCUT2D eigenvalue weighted by molar-refractivity contribution is 0.198. The van der Waals surface area contributed by atoms with E-state index in [1.54, 1.807) is 7.11 Å². The lowest BCUT2D eigenvalue weighted by atomic mass is 9.89. The van der Waals surface area contributed by atoms with E-state index in [4.69, 9.17) is 9.72 Å². The summed E-state index contributed by atoms with van der Waals surface area (Å²) in [5.74, 6) is 1.95. The molecule has 3 heterocycles. The molecule has 1 saturated heterocycles. The Labute approximate surface area is 184 Å². The predicted molar refractivity (Wildman–Crippen MR) is 124 cm³/mol. The van der Waals surface area contributed by atoms with Crippen molar-refractivity contribution in [1.82, 2.24) is 24.6 Å². The summed E-state index contributed by atoms with van der Waals surface area (Å²) in [6.45, 7) is 5.15. The SMILES string of the molecule is COc1cccc(-c2cnc(N(C)C)nc2[C@@H]2CCCN(Cc3cnn(C)c3C)C2)c1. The Morgan fingerprint density at radius 3 is 2.77 bits per heavy atom. The van der Waals surface area contributed by atoms with Gasteiger partial charge < -0.3 is 9.64 Å². The van der Waals surface area contributed by atoms with E-state index in [-0.39, 0.29) is 0 Å². The summed E-state index contributed by atoms with van der Waals surface area (Å²) in [5, 5.41) is 4.41. The molecule has 1 fully saturated rings. The summed E-state index contributed by atoms with van der Waals surface area (Å²) in [6, 6.07) is 8.17. The van der Waals surface area contributed by atoms with Gasteiger partial charge in [0.25, 0.3) is 0 Å². The van der Waals surface area contributed by atoms with Gasteiger partial charge in [-0.15, -0.1) is 0 Å². The zero-order valence-corrected chi connectivity index (χ0v) is 19.2. The highest BCUT2D eigenvalue weighted by Crippen LogP contribution is 2.35. The normalized spacial score (nSPS) is 17.0. The van der Waals surface area contributed by atoms with Gasteiger partial charge in [-0.05, 0) is 44.0 Å². The Hall–Kier alpha value is -2.93. The third-order valence-corrected chi connectivity index (χ3v) is 6.21. The molecular weight excluding hydrogens is 388 g/mol. The minimum absolute atomic E-state index is 0.355. The van der Waals surface area contributed by atoms with E-state index in [0.29, 0.717) is 5.92 Å². The fraction of sp³-hybridized carbons (Fsp3) is 0.458. The average molecular weight is 421 g/mol. The smallest absolute Gasteiger partial charge is 0.225 e. The summed E-state index contributed by atoms with van der Waals surface area (Å²) < 4.78 is 7.40. The lowest BCUT2D eigenvalue weighted by Gasteiger charge is -2.33. The number of methoxy groups -OCH3 is 1. The second kappa shape index (κ2) is 9.06. The van der Waals surface area contributed by atoms with Crippen LogP contribution in [-0.4, -0.2) is 58.9 Å². The first-order valence-electron chi connectivity index (χ1n) is 10.8. The van der Waals surface area contributed by atoms with E-state index in [2.05, 4.69) is 34.0 Å². The summed E-state index contributed by atoms with van der Waals surface area (Å²) in [7, 11) is 7.68. The van der Waals surface area contributed by atoms with Gasteiger partial charge >= 0.3 is 0 Å². The Morgan fingerprint density at radius 1 is 1.23 bits per heavy atom. The van der Waals surface area contributed by atoms with E-state index in [1.807, 2.05) is 55.3 Å². The lowest BCUT2D eigenvalue weighted by Crippen LogP contribution is -2.34. The van der Waals surface area contributed by atoms with Gasteiger partial charge in [-0.2, -0.15) is 5.10 Å². The zero-order chi connectivity index (χ0) is 22.0. The number of hydrogen-bond donors (Lipinski definition) is 0. The van der Waals surface area contributed by atoms with Crippen molar-refractivity contribution in [3.05, 3.63) is 53.6 Å². The van der Waals surface area contributed by atoms with Crippen LogP contribution in [0.2, 0.25) is 0 Å². The van der Waals surface area contributed by atoms with Crippen LogP contribution in [0, 0.1) is 6.92 Å². The van der Waals surface area contributed by atoms with Crippen molar-refractivity contribution in [2.45, 2.75) is 32.2 Å². The summed E-state index contributed by atoms with van der Waals surface area (Å²) >= 11 is 0. The number of hydrogen-bond acceptors (Lipinski definition) is 6. The molecule has 0 radical (unpaired) electrons. The monoisotopic (exact) mass is 420 g/mol. The molecule has 3 aromatic rings. The third kappa shape index (κ3) is 4.56. The maximum atomic E-state index is 5.46. The van der Waals surface area contributed by atoms with Crippen LogP contribution in [0.5, 0.6) is 5.75 Å². The van der Waals surface area contributed by atoms with Crippen LogP contribution >= 0.6 is 0 Å². The number of likely N-dealkylation sites (tertiary alicyclic amines) is 1. The molecular formula is C24H32N6O. The summed E-state index contributed by atoms with van der Waals surface area (Å²) in [4.78, 5) is 14.1. The van der Waals surface area contributed by atoms with Gasteiger partial charge in [0.15, 0.2) is 0 Å². The topological polar surface area (TPSA) is 59.3 Å². The van der Waals surface area contributed by atoms with Crippen LogP contribution < -0.4 is 9.64 Å². The van der Waals surface area contributed by atoms with Gasteiger partial charge in [-0.1, -0.05) is 12.1 Å². The van der Waals surface area contributed by atoms with Crippen LogP contribution in [0.25, 0.3) is 11.1 Å². The van der Waals surface area contributed by atoms with E-state index in [0.717, 1.165) is 61.0 Å². The molecule has 0 unspecified atom stereocenters. The molecule has 7 nitrogen and oxygen atoms in total. The van der Waals surface area contributed by atoms with Gasteiger partial charge in [0.2, 0.25) is 5.95 Å². The van der Waals surface area contributed by atoms with Crippen molar-refractivity contribution < 1.29 is 4.74 Å². The largest absolute Gasteiger partial charge is 0.497 e. The van der Waals surface area contributed by atoms with Crippen molar-refractivity contribution in [3.8, 4) is 16.9 Å². The Balaban J connectivity index is 1.66. The second-order valence-electron chi connectivity index (χ2n) is 8.55. The molecule has 1 aliphatic rings. The van der Waals surface area contributed by atoms with Gasteiger partial charge in [0, 0.05) is 63.2 Å². The predicted octanol–water partition coefficient (Wildman–Crippen LogP) is 3.64. The molecule has 2 aromatic heterocycles. The van der Waals surface area contributed by atoms with E-state index in [1.165, 1.54) is 11.3 Å². The first kappa shape index (κ1) is 21.3. The van der Waals surface area contributed by atoms with E-state index in [9.17, 15) is 0 Å². The van der Waals surface area contributed by atoms with Crippen LogP contribution in [-0.2, 0) is 13.6 Å². The fourth-order valence-electron chi connectivity index (χ4n) is 4.29. The third-order valence-electron chi connectivity index (χ3n) is 6.21. The molecule has 0 aliphatic carbocycles. The van der Waals surface area contributed by atoms with Gasteiger partial charge in [0.1, 0.15) is 5.75 Å². The van der Waals surface area contributed by atoms with Gasteiger partial charge in [-0.25, -0.2) is 9.97 Å². The van der Waals surface area contributed by atoms with Crippen LogP contribution in [0.4, 0.5) is 5.95 Å². The van der Waals surface area contributed by atoms with Crippen LogP contribution in [0.3, 0.4) is 0 Å². The molecule has 0 amide bonds. The van der Waals surface area contributed by atoms with Crippen LogP contribution in [0.15, 0.2) is 36.7 Å². The molecule has 1 aliphatic heterocycles. The number of piperidine rings is 1. The average Bonchev–Trinajstić information content (AvgIpc) is 3.11. The number of ether oxygens (including phenoxy) is 1. The van der Waals surface area contributed by atoms with Crippen molar-refractivity contribution in [2.75, 3.05) is 39.2 Å².